The lowest BCUT2D eigenvalue weighted by atomic mass is 9.71. The number of aromatic nitrogens is 1. The van der Waals surface area contributed by atoms with Crippen molar-refractivity contribution in [2.75, 3.05) is 18.9 Å². The average molecular weight is 436 g/mol. The summed E-state index contributed by atoms with van der Waals surface area (Å²) < 4.78 is 14.3. The number of ketones is 1. The van der Waals surface area contributed by atoms with Crippen LogP contribution in [0, 0.1) is 11.7 Å². The molecule has 7 heteroatoms. The van der Waals surface area contributed by atoms with E-state index in [0.717, 1.165) is 5.56 Å². The van der Waals surface area contributed by atoms with Crippen LogP contribution in [0.5, 0.6) is 0 Å². The Hall–Kier alpha value is -3.09. The summed E-state index contributed by atoms with van der Waals surface area (Å²) in [5.74, 6) is -2.14. The van der Waals surface area contributed by atoms with Gasteiger partial charge in [0.25, 0.3) is 0 Å². The van der Waals surface area contributed by atoms with Crippen molar-refractivity contribution in [1.29, 1.82) is 0 Å². The van der Waals surface area contributed by atoms with Crippen LogP contribution in [-0.2, 0) is 10.3 Å². The number of pyridine rings is 1. The highest BCUT2D eigenvalue weighted by Crippen LogP contribution is 2.55. The topological polar surface area (TPSA) is 62.3 Å². The maximum absolute atomic E-state index is 14.3. The van der Waals surface area contributed by atoms with Gasteiger partial charge >= 0.3 is 0 Å². The van der Waals surface area contributed by atoms with Crippen LogP contribution in [0.4, 0.5) is 10.1 Å². The second-order valence-corrected chi connectivity index (χ2v) is 8.44. The SMILES string of the molecule is CN1CC(c2ccc(Cl)cc2)C(C(=O)c2ccccn2)C12C(=O)Nc1ccc(F)cc12. The molecular weight excluding hydrogens is 417 g/mol. The molecule has 31 heavy (non-hydrogen) atoms. The van der Waals surface area contributed by atoms with E-state index < -0.39 is 17.3 Å². The Kier molecular flexibility index (Phi) is 4.64. The molecule has 0 saturated carbocycles. The predicted molar refractivity (Wildman–Crippen MR) is 116 cm³/mol. The Morgan fingerprint density at radius 2 is 1.97 bits per heavy atom. The molecule has 1 spiro atoms. The Bertz CT molecular complexity index is 1190. The first-order chi connectivity index (χ1) is 14.9. The number of likely N-dealkylation sites (tertiary alicyclic amines) is 1. The van der Waals surface area contributed by atoms with Crippen molar-refractivity contribution < 1.29 is 14.0 Å². The minimum absolute atomic E-state index is 0.253. The van der Waals surface area contributed by atoms with Crippen LogP contribution < -0.4 is 5.32 Å². The largest absolute Gasteiger partial charge is 0.324 e. The number of hydrogen-bond donors (Lipinski definition) is 1. The zero-order valence-electron chi connectivity index (χ0n) is 16.7. The van der Waals surface area contributed by atoms with Crippen LogP contribution in [-0.4, -0.2) is 35.2 Å². The fourth-order valence-electron chi connectivity index (χ4n) is 5.09. The number of hydrogen-bond acceptors (Lipinski definition) is 4. The van der Waals surface area contributed by atoms with Gasteiger partial charge in [0.1, 0.15) is 17.1 Å². The lowest BCUT2D eigenvalue weighted by Crippen LogP contribution is -2.51. The Balaban J connectivity index is 1.74. The number of halogens is 2. The van der Waals surface area contributed by atoms with E-state index in [1.165, 1.54) is 12.1 Å². The molecule has 2 aromatic carbocycles. The lowest BCUT2D eigenvalue weighted by molar-refractivity contribution is -0.126. The molecular formula is C24H19ClFN3O2. The molecule has 2 aliphatic heterocycles. The molecule has 5 nitrogen and oxygen atoms in total. The molecule has 2 aliphatic rings. The van der Waals surface area contributed by atoms with Gasteiger partial charge in [-0.1, -0.05) is 29.8 Å². The molecule has 5 rings (SSSR count). The molecule has 156 valence electrons. The van der Waals surface area contributed by atoms with Crippen LogP contribution in [0.25, 0.3) is 0 Å². The number of anilines is 1. The summed E-state index contributed by atoms with van der Waals surface area (Å²) in [6, 6.07) is 16.6. The van der Waals surface area contributed by atoms with Crippen molar-refractivity contribution in [2.24, 2.45) is 5.92 Å². The summed E-state index contributed by atoms with van der Waals surface area (Å²) >= 11 is 6.08. The number of likely N-dealkylation sites (N-methyl/N-ethyl adjacent to an activating group) is 1. The summed E-state index contributed by atoms with van der Waals surface area (Å²) in [4.78, 5) is 33.4. The van der Waals surface area contributed by atoms with Crippen molar-refractivity contribution in [3.63, 3.8) is 0 Å². The number of amides is 1. The molecule has 3 heterocycles. The average Bonchev–Trinajstić information content (AvgIpc) is 3.24. The number of nitrogens with one attached hydrogen (secondary N) is 1. The second-order valence-electron chi connectivity index (χ2n) is 8.01. The van der Waals surface area contributed by atoms with Gasteiger partial charge in [0.05, 0.1) is 5.92 Å². The van der Waals surface area contributed by atoms with Gasteiger partial charge in [-0.05, 0) is 55.1 Å². The highest BCUT2D eigenvalue weighted by atomic mass is 35.5. The Morgan fingerprint density at radius 1 is 1.19 bits per heavy atom. The van der Waals surface area contributed by atoms with Crippen LogP contribution in [0.3, 0.4) is 0 Å². The Morgan fingerprint density at radius 3 is 2.68 bits per heavy atom. The smallest absolute Gasteiger partial charge is 0.250 e. The van der Waals surface area contributed by atoms with Crippen LogP contribution >= 0.6 is 11.6 Å². The lowest BCUT2D eigenvalue weighted by Gasteiger charge is -2.35. The fraction of sp³-hybridized carbons (Fsp3) is 0.208. The molecule has 1 aromatic heterocycles. The van der Waals surface area contributed by atoms with Crippen LogP contribution in [0.15, 0.2) is 66.9 Å². The van der Waals surface area contributed by atoms with Crippen molar-refractivity contribution in [2.45, 2.75) is 11.5 Å². The summed E-state index contributed by atoms with van der Waals surface area (Å²) in [5, 5.41) is 3.45. The van der Waals surface area contributed by atoms with Crippen molar-refractivity contribution in [3.8, 4) is 0 Å². The summed E-state index contributed by atoms with van der Waals surface area (Å²) in [7, 11) is 1.80. The molecule has 0 bridgehead atoms. The van der Waals surface area contributed by atoms with Gasteiger partial charge in [0.2, 0.25) is 5.91 Å². The van der Waals surface area contributed by atoms with E-state index in [9.17, 15) is 14.0 Å². The highest BCUT2D eigenvalue weighted by Gasteiger charge is 2.64. The predicted octanol–water partition coefficient (Wildman–Crippen LogP) is 4.25. The minimum atomic E-state index is -1.34. The monoisotopic (exact) mass is 435 g/mol. The quantitative estimate of drug-likeness (QED) is 0.625. The minimum Gasteiger partial charge on any atom is -0.324 e. The number of carbonyl (C=O) groups excluding carboxylic acids is 2. The third-order valence-corrected chi connectivity index (χ3v) is 6.66. The number of rotatable bonds is 3. The van der Waals surface area contributed by atoms with Gasteiger partial charge in [-0.15, -0.1) is 0 Å². The number of fused-ring (bicyclic) bond motifs is 2. The summed E-state index contributed by atoms with van der Waals surface area (Å²) in [5.41, 5.74) is 0.828. The van der Waals surface area contributed by atoms with Crippen molar-refractivity contribution in [1.82, 2.24) is 9.88 Å². The van der Waals surface area contributed by atoms with E-state index in [0.29, 0.717) is 22.8 Å². The first-order valence-corrected chi connectivity index (χ1v) is 10.3. The second kappa shape index (κ2) is 7.25. The standard InChI is InChI=1S/C24H19ClFN3O2/c1-29-13-17(14-5-7-15(25)8-6-14)21(22(30)20-4-2-3-11-27-20)24(29)18-12-16(26)9-10-19(18)28-23(24)31/h2-12,17,21H,13H2,1H3,(H,28,31). The van der Waals surface area contributed by atoms with E-state index in [4.69, 9.17) is 11.6 Å². The molecule has 1 N–H and O–H groups in total. The molecule has 0 aliphatic carbocycles. The zero-order chi connectivity index (χ0) is 21.8. The van der Waals surface area contributed by atoms with E-state index in [1.807, 2.05) is 17.0 Å². The molecule has 0 radical (unpaired) electrons. The highest BCUT2D eigenvalue weighted by molar-refractivity contribution is 6.30. The van der Waals surface area contributed by atoms with Crippen molar-refractivity contribution >= 4 is 29.0 Å². The van der Waals surface area contributed by atoms with Crippen molar-refractivity contribution in [3.05, 3.63) is 94.5 Å². The zero-order valence-corrected chi connectivity index (χ0v) is 17.4. The normalized spacial score (nSPS) is 24.9. The van der Waals surface area contributed by atoms with Gasteiger partial charge < -0.3 is 5.32 Å². The van der Waals surface area contributed by atoms with E-state index in [2.05, 4.69) is 10.3 Å². The van der Waals surface area contributed by atoms with Gasteiger partial charge in [-0.25, -0.2) is 4.39 Å². The molecule has 3 unspecified atom stereocenters. The van der Waals surface area contributed by atoms with Gasteiger partial charge in [0, 0.05) is 34.9 Å². The molecule has 3 aromatic rings. The third-order valence-electron chi connectivity index (χ3n) is 6.41. The number of benzene rings is 2. The molecule has 1 amide bonds. The number of Topliss-reactive ketones (excluding diaryl/α,β-unsaturated/α-hetero) is 1. The van der Waals surface area contributed by atoms with E-state index >= 15 is 0 Å². The van der Waals surface area contributed by atoms with Crippen LogP contribution in [0.2, 0.25) is 5.02 Å². The Labute approximate surface area is 183 Å². The molecule has 1 saturated heterocycles. The van der Waals surface area contributed by atoms with E-state index in [-0.39, 0.29) is 23.3 Å². The van der Waals surface area contributed by atoms with E-state index in [1.54, 1.807) is 49.6 Å². The molecule has 3 atom stereocenters. The third kappa shape index (κ3) is 2.90. The van der Waals surface area contributed by atoms with Gasteiger partial charge in [-0.3, -0.25) is 19.5 Å². The summed E-state index contributed by atoms with van der Waals surface area (Å²) in [6.07, 6.45) is 1.55. The number of nitrogens with zero attached hydrogens (tertiary/aromatic N) is 2. The molecule has 1 fully saturated rings. The fourth-order valence-corrected chi connectivity index (χ4v) is 5.22. The summed E-state index contributed by atoms with van der Waals surface area (Å²) in [6.45, 7) is 0.439. The van der Waals surface area contributed by atoms with Gasteiger partial charge in [0.15, 0.2) is 5.78 Å². The van der Waals surface area contributed by atoms with Gasteiger partial charge in [-0.2, -0.15) is 0 Å². The maximum atomic E-state index is 14.3. The first-order valence-electron chi connectivity index (χ1n) is 9.96. The first kappa shape index (κ1) is 19.8. The maximum Gasteiger partial charge on any atom is 0.250 e. The van der Waals surface area contributed by atoms with Crippen LogP contribution in [0.1, 0.15) is 27.5 Å². The number of carbonyl (C=O) groups is 2.